The number of benzene rings is 2. The van der Waals surface area contributed by atoms with Crippen molar-refractivity contribution in [2.75, 3.05) is 13.7 Å². The second-order valence-electron chi connectivity index (χ2n) is 5.60. The van der Waals surface area contributed by atoms with Crippen molar-refractivity contribution in [3.8, 4) is 11.5 Å². The number of thioether (sulfide) groups is 1. The summed E-state index contributed by atoms with van der Waals surface area (Å²) in [5.41, 5.74) is 1.92. The molecule has 0 atom stereocenters. The molecule has 1 heterocycles. The summed E-state index contributed by atoms with van der Waals surface area (Å²) in [4.78, 5) is 15.0. The van der Waals surface area contributed by atoms with E-state index < -0.39 is 0 Å². The van der Waals surface area contributed by atoms with Gasteiger partial charge in [-0.15, -0.1) is 0 Å². The van der Waals surface area contributed by atoms with Crippen molar-refractivity contribution >= 4 is 40.3 Å². The Bertz CT molecular complexity index is 849. The van der Waals surface area contributed by atoms with E-state index >= 15 is 0 Å². The smallest absolute Gasteiger partial charge is 0.266 e. The molecule has 0 aliphatic carbocycles. The largest absolute Gasteiger partial charge is 0.493 e. The fourth-order valence-electron chi connectivity index (χ4n) is 2.61. The number of hydrogen-bond donors (Lipinski definition) is 0. The van der Waals surface area contributed by atoms with Gasteiger partial charge in [0.1, 0.15) is 4.32 Å². The van der Waals surface area contributed by atoms with Gasteiger partial charge in [0.2, 0.25) is 0 Å². The lowest BCUT2D eigenvalue weighted by Gasteiger charge is -2.14. The van der Waals surface area contributed by atoms with E-state index in [0.717, 1.165) is 11.1 Å². The van der Waals surface area contributed by atoms with Gasteiger partial charge in [0.05, 0.1) is 25.2 Å². The van der Waals surface area contributed by atoms with Gasteiger partial charge in [-0.2, -0.15) is 0 Å². The molecule has 134 valence electrons. The SMILES string of the molecule is CCOc1cc(C=C2SC(=S)N(Cc3ccccc3)C2=O)ccc1OC. The maximum Gasteiger partial charge on any atom is 0.266 e. The van der Waals surface area contributed by atoms with Crippen molar-refractivity contribution in [2.24, 2.45) is 0 Å². The van der Waals surface area contributed by atoms with E-state index in [9.17, 15) is 4.79 Å². The zero-order chi connectivity index (χ0) is 18.5. The molecule has 1 aliphatic heterocycles. The van der Waals surface area contributed by atoms with Crippen LogP contribution in [-0.2, 0) is 11.3 Å². The van der Waals surface area contributed by atoms with Gasteiger partial charge in [-0.1, -0.05) is 60.4 Å². The molecule has 0 N–H and O–H groups in total. The molecule has 4 nitrogen and oxygen atoms in total. The predicted octanol–water partition coefficient (Wildman–Crippen LogP) is 4.50. The highest BCUT2D eigenvalue weighted by molar-refractivity contribution is 8.26. The number of amides is 1. The molecule has 0 radical (unpaired) electrons. The Labute approximate surface area is 162 Å². The Kier molecular flexibility index (Phi) is 5.96. The summed E-state index contributed by atoms with van der Waals surface area (Å²) in [6.07, 6.45) is 1.84. The lowest BCUT2D eigenvalue weighted by atomic mass is 10.1. The molecule has 0 unspecified atom stereocenters. The van der Waals surface area contributed by atoms with E-state index in [4.69, 9.17) is 21.7 Å². The number of hydrogen-bond acceptors (Lipinski definition) is 5. The third-order valence-corrected chi connectivity index (χ3v) is 5.22. The minimum atomic E-state index is -0.0716. The summed E-state index contributed by atoms with van der Waals surface area (Å²) in [6.45, 7) is 2.94. The molecular formula is C20H19NO3S2. The van der Waals surface area contributed by atoms with Crippen molar-refractivity contribution in [3.63, 3.8) is 0 Å². The molecule has 0 bridgehead atoms. The van der Waals surface area contributed by atoms with Gasteiger partial charge in [0.25, 0.3) is 5.91 Å². The first-order valence-corrected chi connectivity index (χ1v) is 9.45. The van der Waals surface area contributed by atoms with Crippen molar-refractivity contribution in [1.82, 2.24) is 4.90 Å². The zero-order valence-corrected chi connectivity index (χ0v) is 16.2. The molecule has 6 heteroatoms. The van der Waals surface area contributed by atoms with Gasteiger partial charge >= 0.3 is 0 Å². The van der Waals surface area contributed by atoms with Crippen LogP contribution < -0.4 is 9.47 Å². The average molecular weight is 386 g/mol. The van der Waals surface area contributed by atoms with Gasteiger partial charge < -0.3 is 9.47 Å². The van der Waals surface area contributed by atoms with Gasteiger partial charge in [-0.05, 0) is 36.3 Å². The summed E-state index contributed by atoms with van der Waals surface area (Å²) in [5.74, 6) is 1.25. The van der Waals surface area contributed by atoms with Gasteiger partial charge in [0.15, 0.2) is 11.5 Å². The number of ether oxygens (including phenoxy) is 2. The van der Waals surface area contributed by atoms with Crippen LogP contribution in [0.4, 0.5) is 0 Å². The molecule has 2 aromatic rings. The maximum atomic E-state index is 12.8. The number of thiocarbonyl (C=S) groups is 1. The summed E-state index contributed by atoms with van der Waals surface area (Å²) in [7, 11) is 1.60. The van der Waals surface area contributed by atoms with Crippen molar-refractivity contribution in [3.05, 3.63) is 64.6 Å². The fraction of sp³-hybridized carbons (Fsp3) is 0.200. The quantitative estimate of drug-likeness (QED) is 0.541. The van der Waals surface area contributed by atoms with Crippen LogP contribution in [0.1, 0.15) is 18.1 Å². The zero-order valence-electron chi connectivity index (χ0n) is 14.6. The molecule has 1 amide bonds. The van der Waals surface area contributed by atoms with Gasteiger partial charge in [0, 0.05) is 0 Å². The Morgan fingerprint density at radius 1 is 1.15 bits per heavy atom. The highest BCUT2D eigenvalue weighted by atomic mass is 32.2. The predicted molar refractivity (Wildman–Crippen MR) is 109 cm³/mol. The van der Waals surface area contributed by atoms with Crippen LogP contribution in [0.3, 0.4) is 0 Å². The van der Waals surface area contributed by atoms with Crippen LogP contribution in [0.2, 0.25) is 0 Å². The first-order valence-electron chi connectivity index (χ1n) is 8.22. The molecule has 26 heavy (non-hydrogen) atoms. The molecule has 0 spiro atoms. The monoisotopic (exact) mass is 385 g/mol. The van der Waals surface area contributed by atoms with Crippen LogP contribution >= 0.6 is 24.0 Å². The number of nitrogens with zero attached hydrogens (tertiary/aromatic N) is 1. The molecule has 1 fully saturated rings. The van der Waals surface area contributed by atoms with Crippen molar-refractivity contribution in [2.45, 2.75) is 13.5 Å². The van der Waals surface area contributed by atoms with E-state index in [1.54, 1.807) is 12.0 Å². The number of carbonyl (C=O) groups excluding carboxylic acids is 1. The molecule has 0 aromatic heterocycles. The van der Waals surface area contributed by atoms with E-state index in [1.807, 2.05) is 61.5 Å². The molecule has 2 aromatic carbocycles. The number of carbonyl (C=O) groups is 1. The first-order chi connectivity index (χ1) is 12.6. The second-order valence-corrected chi connectivity index (χ2v) is 7.27. The van der Waals surface area contributed by atoms with E-state index in [-0.39, 0.29) is 5.91 Å². The summed E-state index contributed by atoms with van der Waals surface area (Å²) < 4.78 is 11.5. The van der Waals surface area contributed by atoms with Crippen LogP contribution in [0.15, 0.2) is 53.4 Å². The first kappa shape index (κ1) is 18.5. The number of methoxy groups -OCH3 is 1. The highest BCUT2D eigenvalue weighted by Crippen LogP contribution is 2.35. The lowest BCUT2D eigenvalue weighted by molar-refractivity contribution is -0.122. The van der Waals surface area contributed by atoms with Gasteiger partial charge in [-0.25, -0.2) is 0 Å². The molecule has 1 aliphatic rings. The lowest BCUT2D eigenvalue weighted by Crippen LogP contribution is -2.27. The van der Waals surface area contributed by atoms with Crippen LogP contribution in [0.5, 0.6) is 11.5 Å². The topological polar surface area (TPSA) is 38.8 Å². The number of rotatable bonds is 6. The second kappa shape index (κ2) is 8.38. The van der Waals surface area contributed by atoms with E-state index in [1.165, 1.54) is 11.8 Å². The molecular weight excluding hydrogens is 366 g/mol. The highest BCUT2D eigenvalue weighted by Gasteiger charge is 2.31. The third-order valence-electron chi connectivity index (χ3n) is 3.84. The summed E-state index contributed by atoms with van der Waals surface area (Å²) >= 11 is 6.72. The molecule has 1 saturated heterocycles. The van der Waals surface area contributed by atoms with Crippen LogP contribution in [0, 0.1) is 0 Å². The van der Waals surface area contributed by atoms with E-state index in [0.29, 0.717) is 33.9 Å². The Morgan fingerprint density at radius 3 is 2.62 bits per heavy atom. The van der Waals surface area contributed by atoms with Crippen molar-refractivity contribution in [1.29, 1.82) is 0 Å². The van der Waals surface area contributed by atoms with Crippen molar-refractivity contribution < 1.29 is 14.3 Å². The average Bonchev–Trinajstić information content (AvgIpc) is 2.91. The molecule has 3 rings (SSSR count). The van der Waals surface area contributed by atoms with E-state index in [2.05, 4.69) is 0 Å². The third kappa shape index (κ3) is 4.08. The van der Waals surface area contributed by atoms with Crippen LogP contribution in [0.25, 0.3) is 6.08 Å². The Balaban J connectivity index is 1.82. The minimum absolute atomic E-state index is 0.0716. The summed E-state index contributed by atoms with van der Waals surface area (Å²) in [6, 6.07) is 15.4. The Morgan fingerprint density at radius 2 is 1.92 bits per heavy atom. The van der Waals surface area contributed by atoms with Gasteiger partial charge in [-0.3, -0.25) is 9.69 Å². The normalized spacial score (nSPS) is 15.6. The maximum absolute atomic E-state index is 12.8. The fourth-order valence-corrected chi connectivity index (χ4v) is 3.86. The minimum Gasteiger partial charge on any atom is -0.493 e. The standard InChI is InChI=1S/C20H19NO3S2/c1-3-24-17-11-15(9-10-16(17)23-2)12-18-19(22)21(20(25)26-18)13-14-7-5-4-6-8-14/h4-12H,3,13H2,1-2H3. The Hall–Kier alpha value is -2.31. The van der Waals surface area contributed by atoms with Crippen LogP contribution in [-0.4, -0.2) is 28.8 Å². The summed E-state index contributed by atoms with van der Waals surface area (Å²) in [5, 5.41) is 0. The molecule has 0 saturated carbocycles.